The smallest absolute Gasteiger partial charge is 0.134 e. The van der Waals surface area contributed by atoms with Crippen molar-refractivity contribution >= 4 is 11.8 Å². The van der Waals surface area contributed by atoms with Crippen LogP contribution in [-0.2, 0) is 4.74 Å². The Morgan fingerprint density at radius 3 is 2.46 bits per heavy atom. The average Bonchev–Trinajstić information content (AvgIpc) is 2.86. The molecule has 0 N–H and O–H groups in total. The third-order valence-corrected chi connectivity index (χ3v) is 3.29. The first kappa shape index (κ1) is 9.10. The van der Waals surface area contributed by atoms with Gasteiger partial charge in [0, 0.05) is 4.90 Å². The third kappa shape index (κ3) is 2.26. The Kier molecular flexibility index (Phi) is 2.61. The van der Waals surface area contributed by atoms with Gasteiger partial charge in [0.05, 0.1) is 6.10 Å². The standard InChI is InChI=1S/C11H14OS/c1-8(2)10-11(12-10)13-9-6-4-3-5-7-9/h3-8,10-11H,1-2H3/t10-,11+/m1/s1. The van der Waals surface area contributed by atoms with Crippen LogP contribution in [0.3, 0.4) is 0 Å². The Morgan fingerprint density at radius 2 is 1.92 bits per heavy atom. The van der Waals surface area contributed by atoms with Crippen LogP contribution in [0.4, 0.5) is 0 Å². The maximum Gasteiger partial charge on any atom is 0.134 e. The Bertz CT molecular complexity index is 271. The van der Waals surface area contributed by atoms with Crippen molar-refractivity contribution in [2.24, 2.45) is 5.92 Å². The van der Waals surface area contributed by atoms with Crippen molar-refractivity contribution in [2.75, 3.05) is 0 Å². The van der Waals surface area contributed by atoms with E-state index in [0.717, 1.165) is 0 Å². The highest BCUT2D eigenvalue weighted by molar-refractivity contribution is 8.00. The molecule has 0 spiro atoms. The molecular weight excluding hydrogens is 180 g/mol. The van der Waals surface area contributed by atoms with Gasteiger partial charge in [-0.1, -0.05) is 43.8 Å². The molecule has 1 fully saturated rings. The van der Waals surface area contributed by atoms with E-state index >= 15 is 0 Å². The summed E-state index contributed by atoms with van der Waals surface area (Å²) < 4.78 is 5.55. The molecule has 0 aromatic heterocycles. The number of rotatable bonds is 3. The van der Waals surface area contributed by atoms with E-state index in [1.807, 2.05) is 17.8 Å². The second kappa shape index (κ2) is 3.72. The Balaban J connectivity index is 1.88. The molecule has 0 bridgehead atoms. The summed E-state index contributed by atoms with van der Waals surface area (Å²) in [5, 5.41) is 0. The quantitative estimate of drug-likeness (QED) is 0.685. The third-order valence-electron chi connectivity index (χ3n) is 2.14. The maximum atomic E-state index is 5.55. The van der Waals surface area contributed by atoms with E-state index in [2.05, 4.69) is 38.1 Å². The molecule has 1 aliphatic heterocycles. The number of hydrogen-bond acceptors (Lipinski definition) is 2. The second-order valence-corrected chi connectivity index (χ2v) is 4.82. The summed E-state index contributed by atoms with van der Waals surface area (Å²) in [6, 6.07) is 10.4. The normalized spacial score (nSPS) is 26.4. The molecule has 13 heavy (non-hydrogen) atoms. The average molecular weight is 194 g/mol. The molecule has 70 valence electrons. The van der Waals surface area contributed by atoms with Crippen molar-refractivity contribution in [3.05, 3.63) is 30.3 Å². The van der Waals surface area contributed by atoms with Crippen LogP contribution in [0.1, 0.15) is 13.8 Å². The zero-order valence-corrected chi connectivity index (χ0v) is 8.75. The van der Waals surface area contributed by atoms with Crippen LogP contribution in [0, 0.1) is 5.92 Å². The van der Waals surface area contributed by atoms with Crippen molar-refractivity contribution in [1.82, 2.24) is 0 Å². The molecule has 1 nitrogen and oxygen atoms in total. The van der Waals surface area contributed by atoms with Gasteiger partial charge in [-0.05, 0) is 18.1 Å². The topological polar surface area (TPSA) is 12.5 Å². The fourth-order valence-corrected chi connectivity index (χ4v) is 2.52. The molecule has 2 heteroatoms. The van der Waals surface area contributed by atoms with E-state index < -0.39 is 0 Å². The fraction of sp³-hybridized carbons (Fsp3) is 0.455. The van der Waals surface area contributed by atoms with Gasteiger partial charge in [-0.2, -0.15) is 0 Å². The van der Waals surface area contributed by atoms with Gasteiger partial charge in [-0.3, -0.25) is 0 Å². The number of thioether (sulfide) groups is 1. The first-order chi connectivity index (χ1) is 6.27. The van der Waals surface area contributed by atoms with Crippen molar-refractivity contribution in [1.29, 1.82) is 0 Å². The van der Waals surface area contributed by atoms with Gasteiger partial charge < -0.3 is 4.74 Å². The Hall–Kier alpha value is -0.470. The van der Waals surface area contributed by atoms with E-state index in [-0.39, 0.29) is 0 Å². The van der Waals surface area contributed by atoms with E-state index in [1.165, 1.54) is 4.90 Å². The molecule has 0 saturated carbocycles. The van der Waals surface area contributed by atoms with Crippen LogP contribution in [0.15, 0.2) is 35.2 Å². The summed E-state index contributed by atoms with van der Waals surface area (Å²) in [5.74, 6) is 0.640. The molecule has 0 radical (unpaired) electrons. The zero-order chi connectivity index (χ0) is 9.26. The van der Waals surface area contributed by atoms with Crippen LogP contribution in [0.25, 0.3) is 0 Å². The summed E-state index contributed by atoms with van der Waals surface area (Å²) in [6.45, 7) is 4.41. The molecule has 2 atom stereocenters. The number of ether oxygens (including phenoxy) is 1. The lowest BCUT2D eigenvalue weighted by Crippen LogP contribution is -1.99. The molecule has 0 aliphatic carbocycles. The molecular formula is C11H14OS. The van der Waals surface area contributed by atoms with Crippen molar-refractivity contribution in [3.8, 4) is 0 Å². The summed E-state index contributed by atoms with van der Waals surface area (Å²) in [7, 11) is 0. The predicted octanol–water partition coefficient (Wildman–Crippen LogP) is 3.16. The summed E-state index contributed by atoms with van der Waals surface area (Å²) in [6.07, 6.45) is 0.463. The molecule has 1 aromatic rings. The lowest BCUT2D eigenvalue weighted by Gasteiger charge is -1.98. The summed E-state index contributed by atoms with van der Waals surface area (Å²) >= 11 is 1.82. The highest BCUT2D eigenvalue weighted by atomic mass is 32.2. The Morgan fingerprint density at radius 1 is 1.23 bits per heavy atom. The van der Waals surface area contributed by atoms with E-state index in [1.54, 1.807) is 0 Å². The van der Waals surface area contributed by atoms with Crippen LogP contribution in [0.5, 0.6) is 0 Å². The SMILES string of the molecule is CC(C)[C@H]1O[C@H]1Sc1ccccc1. The Labute approximate surface area is 83.5 Å². The van der Waals surface area contributed by atoms with Gasteiger partial charge in [0.1, 0.15) is 5.44 Å². The van der Waals surface area contributed by atoms with Crippen molar-refractivity contribution in [2.45, 2.75) is 30.3 Å². The molecule has 1 heterocycles. The van der Waals surface area contributed by atoms with Gasteiger partial charge in [0.25, 0.3) is 0 Å². The molecule has 0 amide bonds. The van der Waals surface area contributed by atoms with Gasteiger partial charge >= 0.3 is 0 Å². The molecule has 1 aliphatic rings. The first-order valence-electron chi connectivity index (χ1n) is 4.64. The molecule has 2 rings (SSSR count). The minimum absolute atomic E-state index is 0.391. The molecule has 1 saturated heterocycles. The minimum Gasteiger partial charge on any atom is -0.357 e. The van der Waals surface area contributed by atoms with Crippen LogP contribution < -0.4 is 0 Å². The maximum absolute atomic E-state index is 5.55. The van der Waals surface area contributed by atoms with E-state index in [4.69, 9.17) is 4.74 Å². The zero-order valence-electron chi connectivity index (χ0n) is 7.94. The summed E-state index contributed by atoms with van der Waals surface area (Å²) in [4.78, 5) is 1.30. The van der Waals surface area contributed by atoms with Crippen LogP contribution >= 0.6 is 11.8 Å². The number of epoxide rings is 1. The largest absolute Gasteiger partial charge is 0.357 e. The van der Waals surface area contributed by atoms with Gasteiger partial charge in [0.2, 0.25) is 0 Å². The molecule has 1 aromatic carbocycles. The van der Waals surface area contributed by atoms with Crippen molar-refractivity contribution < 1.29 is 4.74 Å². The number of benzene rings is 1. The lowest BCUT2D eigenvalue weighted by molar-refractivity contribution is 0.351. The van der Waals surface area contributed by atoms with Crippen LogP contribution in [-0.4, -0.2) is 11.5 Å². The second-order valence-electron chi connectivity index (χ2n) is 3.64. The fourth-order valence-electron chi connectivity index (χ4n) is 1.31. The van der Waals surface area contributed by atoms with Gasteiger partial charge in [0.15, 0.2) is 0 Å². The van der Waals surface area contributed by atoms with Crippen molar-refractivity contribution in [3.63, 3.8) is 0 Å². The highest BCUT2D eigenvalue weighted by Crippen LogP contribution is 2.41. The lowest BCUT2D eigenvalue weighted by atomic mass is 10.2. The van der Waals surface area contributed by atoms with E-state index in [0.29, 0.717) is 17.5 Å². The minimum atomic E-state index is 0.391. The number of hydrogen-bond donors (Lipinski definition) is 0. The van der Waals surface area contributed by atoms with E-state index in [9.17, 15) is 0 Å². The first-order valence-corrected chi connectivity index (χ1v) is 5.52. The van der Waals surface area contributed by atoms with Gasteiger partial charge in [-0.25, -0.2) is 0 Å². The van der Waals surface area contributed by atoms with Crippen LogP contribution in [0.2, 0.25) is 0 Å². The predicted molar refractivity (Wildman–Crippen MR) is 55.8 cm³/mol. The summed E-state index contributed by atoms with van der Waals surface area (Å²) in [5.41, 5.74) is 0.391. The highest BCUT2D eigenvalue weighted by Gasteiger charge is 2.41. The van der Waals surface area contributed by atoms with Gasteiger partial charge in [-0.15, -0.1) is 0 Å². The molecule has 0 unspecified atom stereocenters. The monoisotopic (exact) mass is 194 g/mol.